The van der Waals surface area contributed by atoms with Crippen molar-refractivity contribution in [2.75, 3.05) is 0 Å². The van der Waals surface area contributed by atoms with Gasteiger partial charge in [0.15, 0.2) is 0 Å². The number of ether oxygens (including phenoxy) is 1. The molecule has 0 N–H and O–H groups in total. The predicted octanol–water partition coefficient (Wildman–Crippen LogP) is 3.49. The van der Waals surface area contributed by atoms with Crippen LogP contribution in [0.4, 0.5) is 18.9 Å². The lowest BCUT2D eigenvalue weighted by Gasteiger charge is -2.25. The molecule has 1 aromatic rings. The van der Waals surface area contributed by atoms with Crippen molar-refractivity contribution in [2.45, 2.75) is 38.3 Å². The predicted molar refractivity (Wildman–Crippen MR) is 63.3 cm³/mol. The lowest BCUT2D eigenvalue weighted by molar-refractivity contribution is -0.449. The standard InChI is InChI=1S/C12H12F3NO5/c13-12(14,15)21-20-11-5-4-8(6-10(11)16(17)18)7-19-9-2-1-3-9/h4-6,9H,1-3,7H2. The molecule has 0 bridgehead atoms. The number of rotatable bonds is 6. The smallest absolute Gasteiger partial charge is 0.374 e. The third kappa shape index (κ3) is 4.57. The average molecular weight is 307 g/mol. The second-order valence-corrected chi connectivity index (χ2v) is 4.54. The van der Waals surface area contributed by atoms with Crippen LogP contribution in [0.5, 0.6) is 5.75 Å². The second-order valence-electron chi connectivity index (χ2n) is 4.54. The van der Waals surface area contributed by atoms with Gasteiger partial charge in [-0.3, -0.25) is 10.1 Å². The van der Waals surface area contributed by atoms with Gasteiger partial charge in [0.2, 0.25) is 5.75 Å². The molecule has 116 valence electrons. The van der Waals surface area contributed by atoms with Crippen LogP contribution in [0, 0.1) is 10.1 Å². The van der Waals surface area contributed by atoms with Gasteiger partial charge in [-0.2, -0.15) is 0 Å². The maximum absolute atomic E-state index is 11.9. The third-order valence-electron chi connectivity index (χ3n) is 2.98. The minimum absolute atomic E-state index is 0.147. The van der Waals surface area contributed by atoms with Gasteiger partial charge in [0.1, 0.15) is 0 Å². The summed E-state index contributed by atoms with van der Waals surface area (Å²) in [4.78, 5) is 17.1. The summed E-state index contributed by atoms with van der Waals surface area (Å²) in [7, 11) is 0. The lowest BCUT2D eigenvalue weighted by Crippen LogP contribution is -2.21. The van der Waals surface area contributed by atoms with Gasteiger partial charge >= 0.3 is 12.0 Å². The SMILES string of the molecule is O=[N+]([O-])c1cc(COC2CCC2)ccc1OOC(F)(F)F. The quantitative estimate of drug-likeness (QED) is 0.457. The molecule has 1 aromatic carbocycles. The Morgan fingerprint density at radius 1 is 1.33 bits per heavy atom. The minimum atomic E-state index is -5.04. The summed E-state index contributed by atoms with van der Waals surface area (Å²) < 4.78 is 41.1. The normalized spacial score (nSPS) is 15.6. The Bertz CT molecular complexity index is 516. The van der Waals surface area contributed by atoms with E-state index in [1.807, 2.05) is 0 Å². The van der Waals surface area contributed by atoms with Crippen LogP contribution < -0.4 is 4.89 Å². The number of nitrogens with zero attached hydrogens (tertiary/aromatic N) is 1. The molecule has 21 heavy (non-hydrogen) atoms. The maximum atomic E-state index is 11.9. The number of nitro groups is 1. The van der Waals surface area contributed by atoms with E-state index in [4.69, 9.17) is 4.74 Å². The van der Waals surface area contributed by atoms with Gasteiger partial charge in [-0.1, -0.05) is 11.0 Å². The van der Waals surface area contributed by atoms with Gasteiger partial charge in [0.05, 0.1) is 17.6 Å². The van der Waals surface area contributed by atoms with E-state index >= 15 is 0 Å². The number of hydrogen-bond acceptors (Lipinski definition) is 5. The number of benzene rings is 1. The van der Waals surface area contributed by atoms with E-state index in [1.165, 1.54) is 6.07 Å². The number of alkyl halides is 3. The second kappa shape index (κ2) is 6.27. The first kappa shape index (κ1) is 15.5. The van der Waals surface area contributed by atoms with Crippen molar-refractivity contribution >= 4 is 5.69 Å². The zero-order valence-corrected chi connectivity index (χ0v) is 10.8. The van der Waals surface area contributed by atoms with Crippen molar-refractivity contribution < 1.29 is 32.6 Å². The fraction of sp³-hybridized carbons (Fsp3) is 0.500. The molecule has 0 spiro atoms. The van der Waals surface area contributed by atoms with Crippen LogP contribution in [-0.2, 0) is 16.2 Å². The summed E-state index contributed by atoms with van der Waals surface area (Å²) in [6.07, 6.45) is -1.91. The van der Waals surface area contributed by atoms with E-state index in [0.717, 1.165) is 31.4 Å². The van der Waals surface area contributed by atoms with Gasteiger partial charge in [-0.05, 0) is 30.9 Å². The van der Waals surface area contributed by atoms with Crippen LogP contribution in [-0.4, -0.2) is 17.4 Å². The summed E-state index contributed by atoms with van der Waals surface area (Å²) >= 11 is 0. The van der Waals surface area contributed by atoms with Crippen LogP contribution in [0.25, 0.3) is 0 Å². The molecule has 0 aliphatic heterocycles. The van der Waals surface area contributed by atoms with E-state index in [0.29, 0.717) is 5.56 Å². The Hall–Kier alpha value is -1.87. The molecule has 1 aliphatic carbocycles. The van der Waals surface area contributed by atoms with E-state index in [2.05, 4.69) is 9.78 Å². The summed E-state index contributed by atoms with van der Waals surface area (Å²) in [5.74, 6) is -0.621. The molecule has 0 unspecified atom stereocenters. The molecule has 0 atom stereocenters. The Kier molecular flexibility index (Phi) is 4.63. The monoisotopic (exact) mass is 307 g/mol. The van der Waals surface area contributed by atoms with E-state index in [-0.39, 0.29) is 12.7 Å². The number of hydrogen-bond donors (Lipinski definition) is 0. The molecule has 0 saturated heterocycles. The molecule has 0 amide bonds. The number of halogens is 3. The van der Waals surface area contributed by atoms with Crippen LogP contribution >= 0.6 is 0 Å². The molecule has 1 aliphatic rings. The van der Waals surface area contributed by atoms with Crippen LogP contribution in [0.2, 0.25) is 0 Å². The zero-order valence-electron chi connectivity index (χ0n) is 10.8. The zero-order chi connectivity index (χ0) is 15.5. The van der Waals surface area contributed by atoms with E-state index < -0.39 is 22.7 Å². The van der Waals surface area contributed by atoms with Gasteiger partial charge in [-0.25, -0.2) is 0 Å². The fourth-order valence-corrected chi connectivity index (χ4v) is 1.71. The summed E-state index contributed by atoms with van der Waals surface area (Å²) in [6, 6.07) is 3.54. The largest absolute Gasteiger partial charge is 0.558 e. The van der Waals surface area contributed by atoms with Crippen molar-refractivity contribution in [3.05, 3.63) is 33.9 Å². The minimum Gasteiger partial charge on any atom is -0.374 e. The maximum Gasteiger partial charge on any atom is 0.558 e. The van der Waals surface area contributed by atoms with E-state index in [9.17, 15) is 23.3 Å². The Labute approximate surface area is 117 Å². The van der Waals surface area contributed by atoms with Gasteiger partial charge in [0.25, 0.3) is 0 Å². The molecular formula is C12H12F3NO5. The van der Waals surface area contributed by atoms with Crippen LogP contribution in [0.15, 0.2) is 18.2 Å². The van der Waals surface area contributed by atoms with Gasteiger partial charge < -0.3 is 9.62 Å². The van der Waals surface area contributed by atoms with Gasteiger partial charge in [0, 0.05) is 6.07 Å². The topological polar surface area (TPSA) is 70.8 Å². The van der Waals surface area contributed by atoms with Crippen molar-refractivity contribution in [3.8, 4) is 5.75 Å². The third-order valence-corrected chi connectivity index (χ3v) is 2.98. The molecular weight excluding hydrogens is 295 g/mol. The Balaban J connectivity index is 2.04. The van der Waals surface area contributed by atoms with Crippen LogP contribution in [0.1, 0.15) is 24.8 Å². The molecule has 0 aromatic heterocycles. The van der Waals surface area contributed by atoms with E-state index in [1.54, 1.807) is 0 Å². The lowest BCUT2D eigenvalue weighted by atomic mass is 9.96. The highest BCUT2D eigenvalue weighted by Crippen LogP contribution is 2.31. The first-order chi connectivity index (χ1) is 9.85. The highest BCUT2D eigenvalue weighted by molar-refractivity contribution is 5.48. The van der Waals surface area contributed by atoms with Crippen LogP contribution in [0.3, 0.4) is 0 Å². The van der Waals surface area contributed by atoms with Crippen molar-refractivity contribution in [2.24, 2.45) is 0 Å². The fourth-order valence-electron chi connectivity index (χ4n) is 1.71. The molecule has 6 nitrogen and oxygen atoms in total. The molecule has 0 heterocycles. The summed E-state index contributed by atoms with van der Waals surface area (Å²) in [6.45, 7) is 0.159. The average Bonchev–Trinajstić information content (AvgIpc) is 2.34. The highest BCUT2D eigenvalue weighted by atomic mass is 19.4. The highest BCUT2D eigenvalue weighted by Gasteiger charge is 2.33. The Morgan fingerprint density at radius 3 is 2.57 bits per heavy atom. The first-order valence-corrected chi connectivity index (χ1v) is 6.16. The summed E-state index contributed by atoms with van der Waals surface area (Å²) in [5.41, 5.74) is -0.137. The first-order valence-electron chi connectivity index (χ1n) is 6.16. The molecule has 1 fully saturated rings. The molecule has 1 saturated carbocycles. The number of nitro benzene ring substituents is 1. The van der Waals surface area contributed by atoms with Crippen molar-refractivity contribution in [3.63, 3.8) is 0 Å². The van der Waals surface area contributed by atoms with Crippen molar-refractivity contribution in [1.82, 2.24) is 0 Å². The molecule has 9 heteroatoms. The molecule has 0 radical (unpaired) electrons. The molecule has 2 rings (SSSR count). The van der Waals surface area contributed by atoms with Gasteiger partial charge in [-0.15, -0.1) is 13.2 Å². The van der Waals surface area contributed by atoms with Crippen molar-refractivity contribution in [1.29, 1.82) is 0 Å². The Morgan fingerprint density at radius 2 is 2.05 bits per heavy atom. The summed E-state index contributed by atoms with van der Waals surface area (Å²) in [5, 5.41) is 10.9.